The zero-order chi connectivity index (χ0) is 14.6. The zero-order valence-corrected chi connectivity index (χ0v) is 11.8. The van der Waals surface area contributed by atoms with Gasteiger partial charge in [0.1, 0.15) is 0 Å². The number of rotatable bonds is 1. The maximum absolute atomic E-state index is 12.3. The minimum Gasteiger partial charge on any atom is -0.399 e. The number of aromatic amines is 1. The summed E-state index contributed by atoms with van der Waals surface area (Å²) < 4.78 is 1.70. The van der Waals surface area contributed by atoms with Crippen LogP contribution in [0.1, 0.15) is 11.1 Å². The van der Waals surface area contributed by atoms with Crippen LogP contribution in [-0.2, 0) is 13.1 Å². The van der Waals surface area contributed by atoms with E-state index in [2.05, 4.69) is 29.1 Å². The van der Waals surface area contributed by atoms with Gasteiger partial charge in [-0.15, -0.1) is 0 Å². The van der Waals surface area contributed by atoms with Crippen LogP contribution < -0.4 is 11.4 Å². The highest BCUT2D eigenvalue weighted by Gasteiger charge is 2.17. The van der Waals surface area contributed by atoms with Crippen LogP contribution >= 0.6 is 0 Å². The van der Waals surface area contributed by atoms with Crippen LogP contribution in [0.3, 0.4) is 0 Å². The third-order valence-electron chi connectivity index (χ3n) is 4.03. The number of hydrogen-bond acceptors (Lipinski definition) is 3. The highest BCUT2D eigenvalue weighted by atomic mass is 16.1. The summed E-state index contributed by atoms with van der Waals surface area (Å²) in [4.78, 5) is 17.4. The molecule has 5 nitrogen and oxygen atoms in total. The minimum atomic E-state index is -0.137. The molecule has 0 spiro atoms. The van der Waals surface area contributed by atoms with Gasteiger partial charge in [0.2, 0.25) is 0 Å². The number of anilines is 1. The average Bonchev–Trinajstić information content (AvgIpc) is 2.95. The second kappa shape index (κ2) is 4.23. The van der Waals surface area contributed by atoms with Gasteiger partial charge in [0, 0.05) is 18.8 Å². The molecule has 1 aliphatic rings. The van der Waals surface area contributed by atoms with E-state index in [0.717, 1.165) is 29.8 Å². The highest BCUT2D eigenvalue weighted by Crippen LogP contribution is 2.25. The fourth-order valence-electron chi connectivity index (χ4n) is 3.08. The maximum atomic E-state index is 12.3. The molecule has 0 atom stereocenters. The molecule has 0 saturated carbocycles. The Labute approximate surface area is 121 Å². The van der Waals surface area contributed by atoms with Crippen LogP contribution in [0.5, 0.6) is 0 Å². The Kier molecular flexibility index (Phi) is 2.46. The SMILES string of the molecule is CN1Cc2ccc(-n3c(=O)[nH]c4cc(N)ccc43)cc2C1. The van der Waals surface area contributed by atoms with E-state index in [4.69, 9.17) is 5.73 Å². The quantitative estimate of drug-likeness (QED) is 0.668. The van der Waals surface area contributed by atoms with Gasteiger partial charge < -0.3 is 10.7 Å². The summed E-state index contributed by atoms with van der Waals surface area (Å²) in [5.41, 5.74) is 11.4. The summed E-state index contributed by atoms with van der Waals surface area (Å²) in [5, 5.41) is 0. The van der Waals surface area contributed by atoms with Gasteiger partial charge in [0.05, 0.1) is 16.7 Å². The van der Waals surface area contributed by atoms with E-state index in [1.165, 1.54) is 11.1 Å². The Morgan fingerprint density at radius 1 is 1.10 bits per heavy atom. The molecule has 0 saturated heterocycles. The van der Waals surface area contributed by atoms with Crippen molar-refractivity contribution < 1.29 is 0 Å². The van der Waals surface area contributed by atoms with Crippen LogP contribution in [-0.4, -0.2) is 21.5 Å². The summed E-state index contributed by atoms with van der Waals surface area (Å²) in [5.74, 6) is 0. The van der Waals surface area contributed by atoms with Crippen LogP contribution in [0.4, 0.5) is 5.69 Å². The van der Waals surface area contributed by atoms with E-state index < -0.39 is 0 Å². The van der Waals surface area contributed by atoms with E-state index in [1.807, 2.05) is 18.2 Å². The van der Waals surface area contributed by atoms with Gasteiger partial charge in [-0.1, -0.05) is 6.07 Å². The number of nitrogens with zero attached hydrogens (tertiary/aromatic N) is 2. The lowest BCUT2D eigenvalue weighted by Gasteiger charge is -2.06. The molecule has 0 bridgehead atoms. The maximum Gasteiger partial charge on any atom is 0.331 e. The number of nitrogens with one attached hydrogen (secondary N) is 1. The minimum absolute atomic E-state index is 0.137. The molecule has 21 heavy (non-hydrogen) atoms. The van der Waals surface area contributed by atoms with E-state index in [1.54, 1.807) is 10.6 Å². The number of benzene rings is 2. The Hall–Kier alpha value is -2.53. The van der Waals surface area contributed by atoms with Crippen molar-refractivity contribution in [2.45, 2.75) is 13.1 Å². The average molecular weight is 280 g/mol. The number of aromatic nitrogens is 2. The van der Waals surface area contributed by atoms with Gasteiger partial charge in [0.25, 0.3) is 0 Å². The standard InChI is InChI=1S/C16H16N4O/c1-19-8-10-2-4-13(6-11(10)9-19)20-15-5-3-12(17)7-14(15)18-16(20)21/h2-7H,8-9,17H2,1H3,(H,18,21). The number of H-pyrrole nitrogens is 1. The molecule has 3 aromatic rings. The molecule has 0 fully saturated rings. The molecule has 1 aromatic heterocycles. The molecule has 2 aromatic carbocycles. The number of nitrogens with two attached hydrogens (primary N) is 1. The number of nitrogen functional groups attached to an aromatic ring is 1. The topological polar surface area (TPSA) is 67.0 Å². The molecular formula is C16H16N4O. The first-order chi connectivity index (χ1) is 10.1. The fourth-order valence-corrected chi connectivity index (χ4v) is 3.08. The summed E-state index contributed by atoms with van der Waals surface area (Å²) in [6, 6.07) is 11.7. The van der Waals surface area contributed by atoms with Gasteiger partial charge in [0.15, 0.2) is 0 Å². The number of imidazole rings is 1. The third kappa shape index (κ3) is 1.86. The van der Waals surface area contributed by atoms with E-state index in [-0.39, 0.29) is 5.69 Å². The molecule has 1 aliphatic heterocycles. The lowest BCUT2D eigenvalue weighted by atomic mass is 10.1. The summed E-state index contributed by atoms with van der Waals surface area (Å²) in [7, 11) is 2.10. The van der Waals surface area contributed by atoms with Crippen molar-refractivity contribution in [3.8, 4) is 5.69 Å². The number of hydrogen-bond donors (Lipinski definition) is 2. The molecular weight excluding hydrogens is 264 g/mol. The second-order valence-corrected chi connectivity index (χ2v) is 5.67. The largest absolute Gasteiger partial charge is 0.399 e. The third-order valence-corrected chi connectivity index (χ3v) is 4.03. The van der Waals surface area contributed by atoms with Crippen molar-refractivity contribution in [3.05, 3.63) is 58.0 Å². The van der Waals surface area contributed by atoms with E-state index in [0.29, 0.717) is 5.69 Å². The second-order valence-electron chi connectivity index (χ2n) is 5.67. The van der Waals surface area contributed by atoms with Crippen molar-refractivity contribution in [3.63, 3.8) is 0 Å². The molecule has 5 heteroatoms. The van der Waals surface area contributed by atoms with Crippen molar-refractivity contribution >= 4 is 16.7 Å². The predicted molar refractivity (Wildman–Crippen MR) is 83.5 cm³/mol. The van der Waals surface area contributed by atoms with Gasteiger partial charge in [-0.05, 0) is 48.5 Å². The van der Waals surface area contributed by atoms with Crippen LogP contribution in [0.2, 0.25) is 0 Å². The Bertz CT molecular complexity index is 906. The van der Waals surface area contributed by atoms with Gasteiger partial charge >= 0.3 is 5.69 Å². The first-order valence-corrected chi connectivity index (χ1v) is 6.93. The number of fused-ring (bicyclic) bond motifs is 2. The Balaban J connectivity index is 1.93. The van der Waals surface area contributed by atoms with E-state index >= 15 is 0 Å². The zero-order valence-electron chi connectivity index (χ0n) is 11.8. The smallest absolute Gasteiger partial charge is 0.331 e. The van der Waals surface area contributed by atoms with Crippen molar-refractivity contribution in [2.24, 2.45) is 0 Å². The lowest BCUT2D eigenvalue weighted by Crippen LogP contribution is -2.14. The fraction of sp³-hybridized carbons (Fsp3) is 0.188. The predicted octanol–water partition coefficient (Wildman–Crippen LogP) is 1.85. The monoisotopic (exact) mass is 280 g/mol. The van der Waals surface area contributed by atoms with Crippen LogP contribution in [0.15, 0.2) is 41.2 Å². The molecule has 0 aliphatic carbocycles. The first kappa shape index (κ1) is 12.2. The van der Waals surface area contributed by atoms with Crippen molar-refractivity contribution in [2.75, 3.05) is 12.8 Å². The van der Waals surface area contributed by atoms with E-state index in [9.17, 15) is 4.79 Å². The van der Waals surface area contributed by atoms with Crippen molar-refractivity contribution in [1.29, 1.82) is 0 Å². The van der Waals surface area contributed by atoms with Crippen LogP contribution in [0.25, 0.3) is 16.7 Å². The van der Waals surface area contributed by atoms with Gasteiger partial charge in [-0.25, -0.2) is 4.79 Å². The normalized spacial score (nSPS) is 14.7. The summed E-state index contributed by atoms with van der Waals surface area (Å²) >= 11 is 0. The lowest BCUT2D eigenvalue weighted by molar-refractivity contribution is 0.353. The molecule has 0 unspecified atom stereocenters. The summed E-state index contributed by atoms with van der Waals surface area (Å²) in [6.07, 6.45) is 0. The molecule has 4 rings (SSSR count). The highest BCUT2D eigenvalue weighted by molar-refractivity contribution is 5.80. The molecule has 0 amide bonds. The van der Waals surface area contributed by atoms with Gasteiger partial charge in [-0.3, -0.25) is 9.47 Å². The Morgan fingerprint density at radius 3 is 2.76 bits per heavy atom. The Morgan fingerprint density at radius 2 is 1.90 bits per heavy atom. The first-order valence-electron chi connectivity index (χ1n) is 6.93. The van der Waals surface area contributed by atoms with Crippen molar-refractivity contribution in [1.82, 2.24) is 14.5 Å². The van der Waals surface area contributed by atoms with Gasteiger partial charge in [-0.2, -0.15) is 0 Å². The molecule has 0 radical (unpaired) electrons. The molecule has 3 N–H and O–H groups in total. The molecule has 2 heterocycles. The van der Waals surface area contributed by atoms with Crippen LogP contribution in [0, 0.1) is 0 Å². The molecule has 106 valence electrons. The summed E-state index contributed by atoms with van der Waals surface area (Å²) in [6.45, 7) is 1.89.